The fourth-order valence-electron chi connectivity index (χ4n) is 2.98. The molecule has 2 amide bonds. The van der Waals surface area contributed by atoms with E-state index in [0.717, 1.165) is 19.3 Å². The SMILES string of the molecule is CC(C)(C)C(=O)NCC(=O)N1CCC2(CC1)CC2C(=O)O. The standard InChI is InChI=1S/C15H24N2O4/c1-14(2,3)13(21)16-9-11(18)17-6-4-15(5-7-17)8-10(15)12(19)20/h10H,4-9H2,1-3H3,(H,16,21)(H,19,20). The summed E-state index contributed by atoms with van der Waals surface area (Å²) in [6.07, 6.45) is 2.25. The maximum absolute atomic E-state index is 12.1. The number of carbonyl (C=O) groups excluding carboxylic acids is 2. The molecule has 2 N–H and O–H groups in total. The van der Waals surface area contributed by atoms with Crippen molar-refractivity contribution < 1.29 is 19.5 Å². The van der Waals surface area contributed by atoms with Crippen molar-refractivity contribution in [3.8, 4) is 0 Å². The molecule has 2 rings (SSSR count). The summed E-state index contributed by atoms with van der Waals surface area (Å²) < 4.78 is 0. The van der Waals surface area contributed by atoms with Crippen molar-refractivity contribution in [2.24, 2.45) is 16.7 Å². The highest BCUT2D eigenvalue weighted by Gasteiger charge is 2.59. The minimum absolute atomic E-state index is 0.0193. The predicted octanol–water partition coefficient (Wildman–Crippen LogP) is 0.862. The third kappa shape index (κ3) is 3.36. The van der Waals surface area contributed by atoms with Crippen LogP contribution in [0.5, 0.6) is 0 Å². The molecule has 1 atom stereocenters. The van der Waals surface area contributed by atoms with Crippen LogP contribution in [0.4, 0.5) is 0 Å². The summed E-state index contributed by atoms with van der Waals surface area (Å²) in [6.45, 7) is 6.61. The van der Waals surface area contributed by atoms with E-state index in [9.17, 15) is 14.4 Å². The van der Waals surface area contributed by atoms with E-state index in [-0.39, 0.29) is 29.7 Å². The average Bonchev–Trinajstić information content (AvgIpc) is 3.09. The molecule has 1 spiro atoms. The highest BCUT2D eigenvalue weighted by Crippen LogP contribution is 2.59. The van der Waals surface area contributed by atoms with Crippen LogP contribution in [0.15, 0.2) is 0 Å². The first-order valence-corrected chi connectivity index (χ1v) is 7.45. The van der Waals surface area contributed by atoms with Crippen LogP contribution in [0.3, 0.4) is 0 Å². The van der Waals surface area contributed by atoms with Gasteiger partial charge in [0.1, 0.15) is 0 Å². The monoisotopic (exact) mass is 296 g/mol. The van der Waals surface area contributed by atoms with Crippen LogP contribution in [-0.4, -0.2) is 47.4 Å². The van der Waals surface area contributed by atoms with Gasteiger partial charge in [-0.3, -0.25) is 14.4 Å². The topological polar surface area (TPSA) is 86.7 Å². The molecular formula is C15H24N2O4. The molecule has 1 aliphatic carbocycles. The molecule has 2 fully saturated rings. The molecule has 6 nitrogen and oxygen atoms in total. The summed E-state index contributed by atoms with van der Waals surface area (Å²) in [5, 5.41) is 11.7. The zero-order valence-electron chi connectivity index (χ0n) is 12.9. The van der Waals surface area contributed by atoms with Gasteiger partial charge in [0, 0.05) is 18.5 Å². The molecule has 1 saturated carbocycles. The third-order valence-electron chi connectivity index (χ3n) is 4.68. The number of rotatable bonds is 3. The van der Waals surface area contributed by atoms with Crippen LogP contribution in [0.2, 0.25) is 0 Å². The Labute approximate surface area is 124 Å². The fourth-order valence-corrected chi connectivity index (χ4v) is 2.98. The fraction of sp³-hybridized carbons (Fsp3) is 0.800. The smallest absolute Gasteiger partial charge is 0.307 e. The van der Waals surface area contributed by atoms with Crippen LogP contribution in [0.25, 0.3) is 0 Å². The normalized spacial score (nSPS) is 23.8. The van der Waals surface area contributed by atoms with Gasteiger partial charge in [-0.05, 0) is 24.7 Å². The molecule has 0 aromatic carbocycles. The maximum Gasteiger partial charge on any atom is 0.307 e. The summed E-state index contributed by atoms with van der Waals surface area (Å²) in [5.41, 5.74) is -0.577. The van der Waals surface area contributed by atoms with E-state index < -0.39 is 11.4 Å². The molecule has 6 heteroatoms. The molecule has 118 valence electrons. The molecule has 2 aliphatic rings. The van der Waals surface area contributed by atoms with Gasteiger partial charge in [-0.25, -0.2) is 0 Å². The number of hydrogen-bond acceptors (Lipinski definition) is 3. The molecule has 0 bridgehead atoms. The van der Waals surface area contributed by atoms with Crippen LogP contribution in [0, 0.1) is 16.7 Å². The predicted molar refractivity (Wildman–Crippen MR) is 76.5 cm³/mol. The van der Waals surface area contributed by atoms with Gasteiger partial charge < -0.3 is 15.3 Å². The van der Waals surface area contributed by atoms with Crippen LogP contribution >= 0.6 is 0 Å². The largest absolute Gasteiger partial charge is 0.481 e. The minimum Gasteiger partial charge on any atom is -0.481 e. The van der Waals surface area contributed by atoms with Gasteiger partial charge in [-0.15, -0.1) is 0 Å². The van der Waals surface area contributed by atoms with Gasteiger partial charge in [-0.1, -0.05) is 20.8 Å². The van der Waals surface area contributed by atoms with Gasteiger partial charge in [0.05, 0.1) is 12.5 Å². The number of nitrogens with zero attached hydrogens (tertiary/aromatic N) is 1. The average molecular weight is 296 g/mol. The lowest BCUT2D eigenvalue weighted by molar-refractivity contribution is -0.140. The third-order valence-corrected chi connectivity index (χ3v) is 4.68. The van der Waals surface area contributed by atoms with Gasteiger partial charge >= 0.3 is 5.97 Å². The van der Waals surface area contributed by atoms with E-state index in [0.29, 0.717) is 13.1 Å². The molecule has 1 aliphatic heterocycles. The minimum atomic E-state index is -0.716. The summed E-state index contributed by atoms with van der Waals surface area (Å²) in [7, 11) is 0. The Morgan fingerprint density at radius 3 is 2.24 bits per heavy atom. The van der Waals surface area contributed by atoms with Crippen molar-refractivity contribution in [2.75, 3.05) is 19.6 Å². The summed E-state index contributed by atoms with van der Waals surface area (Å²) >= 11 is 0. The molecule has 0 radical (unpaired) electrons. The van der Waals surface area contributed by atoms with Crippen LogP contribution in [0.1, 0.15) is 40.0 Å². The molecule has 0 aromatic heterocycles. The van der Waals surface area contributed by atoms with E-state index in [1.165, 1.54) is 0 Å². The number of carbonyl (C=O) groups is 3. The van der Waals surface area contributed by atoms with E-state index in [4.69, 9.17) is 5.11 Å². The number of amides is 2. The number of hydrogen-bond donors (Lipinski definition) is 2. The second-order valence-corrected chi connectivity index (χ2v) is 7.27. The van der Waals surface area contributed by atoms with Crippen molar-refractivity contribution in [1.82, 2.24) is 10.2 Å². The first kappa shape index (κ1) is 15.8. The van der Waals surface area contributed by atoms with E-state index in [2.05, 4.69) is 5.32 Å². The quantitative estimate of drug-likeness (QED) is 0.809. The Balaban J connectivity index is 1.77. The lowest BCUT2D eigenvalue weighted by Crippen LogP contribution is -2.46. The van der Waals surface area contributed by atoms with Gasteiger partial charge in [0.2, 0.25) is 11.8 Å². The number of carboxylic acids is 1. The zero-order chi connectivity index (χ0) is 15.8. The highest BCUT2D eigenvalue weighted by atomic mass is 16.4. The summed E-state index contributed by atoms with van der Waals surface area (Å²) in [5.74, 6) is -1.17. The number of carboxylic acid groups (broad SMARTS) is 1. The zero-order valence-corrected chi connectivity index (χ0v) is 12.9. The van der Waals surface area contributed by atoms with Crippen LogP contribution < -0.4 is 5.32 Å². The van der Waals surface area contributed by atoms with Crippen molar-refractivity contribution >= 4 is 17.8 Å². The second kappa shape index (κ2) is 5.31. The lowest BCUT2D eigenvalue weighted by atomic mass is 9.91. The molecule has 21 heavy (non-hydrogen) atoms. The molecule has 0 aromatic rings. The summed E-state index contributed by atoms with van der Waals surface area (Å²) in [4.78, 5) is 36.5. The Morgan fingerprint density at radius 2 is 1.81 bits per heavy atom. The van der Waals surface area contributed by atoms with Gasteiger partial charge in [0.25, 0.3) is 0 Å². The molecule has 1 unspecified atom stereocenters. The Bertz CT molecular complexity index is 459. The molecule has 1 heterocycles. The van der Waals surface area contributed by atoms with Crippen molar-refractivity contribution in [3.63, 3.8) is 0 Å². The van der Waals surface area contributed by atoms with Crippen molar-refractivity contribution in [3.05, 3.63) is 0 Å². The van der Waals surface area contributed by atoms with Gasteiger partial charge in [-0.2, -0.15) is 0 Å². The first-order valence-electron chi connectivity index (χ1n) is 7.45. The Kier molecular flexibility index (Phi) is 4.00. The highest BCUT2D eigenvalue weighted by molar-refractivity contribution is 5.87. The number of likely N-dealkylation sites (tertiary alicyclic amines) is 1. The van der Waals surface area contributed by atoms with Gasteiger partial charge in [0.15, 0.2) is 0 Å². The second-order valence-electron chi connectivity index (χ2n) is 7.27. The molecule has 1 saturated heterocycles. The lowest BCUT2D eigenvalue weighted by Gasteiger charge is -2.33. The summed E-state index contributed by atoms with van der Waals surface area (Å²) in [6, 6.07) is 0. The van der Waals surface area contributed by atoms with E-state index in [1.54, 1.807) is 25.7 Å². The van der Waals surface area contributed by atoms with E-state index in [1.807, 2.05) is 0 Å². The Morgan fingerprint density at radius 1 is 1.24 bits per heavy atom. The number of piperidine rings is 1. The van der Waals surface area contributed by atoms with Crippen LogP contribution in [-0.2, 0) is 14.4 Å². The molecular weight excluding hydrogens is 272 g/mol. The Hall–Kier alpha value is -1.59. The number of aliphatic carboxylic acids is 1. The number of nitrogens with one attached hydrogen (secondary N) is 1. The van der Waals surface area contributed by atoms with Crippen molar-refractivity contribution in [1.29, 1.82) is 0 Å². The van der Waals surface area contributed by atoms with Crippen molar-refractivity contribution in [2.45, 2.75) is 40.0 Å². The maximum atomic E-state index is 12.1. The van der Waals surface area contributed by atoms with E-state index >= 15 is 0 Å². The first-order chi connectivity index (χ1) is 9.66.